The van der Waals surface area contributed by atoms with Gasteiger partial charge in [0.05, 0.1) is 6.61 Å². The van der Waals surface area contributed by atoms with E-state index >= 15 is 0 Å². The second kappa shape index (κ2) is 5.72. The standard InChI is InChI=1S/C17H28N2O/c1-12-6-7-19(13(2)8-12)16-10-14(11-20)9-15(18-16)17(3,4)5/h9-10,12-13,20H,6-8,11H2,1-5H3. The fraction of sp³-hybridized carbons (Fsp3) is 0.706. The van der Waals surface area contributed by atoms with Crippen LogP contribution in [0.2, 0.25) is 0 Å². The average Bonchev–Trinajstić information content (AvgIpc) is 2.37. The third-order valence-electron chi connectivity index (χ3n) is 4.26. The molecule has 2 atom stereocenters. The van der Waals surface area contributed by atoms with Crippen LogP contribution in [-0.2, 0) is 12.0 Å². The Labute approximate surface area is 123 Å². The number of hydrogen-bond donors (Lipinski definition) is 1. The molecular formula is C17H28N2O. The van der Waals surface area contributed by atoms with Gasteiger partial charge in [-0.15, -0.1) is 0 Å². The first-order valence-electron chi connectivity index (χ1n) is 7.70. The van der Waals surface area contributed by atoms with Crippen LogP contribution in [0.25, 0.3) is 0 Å². The molecule has 1 aromatic heterocycles. The number of aliphatic hydroxyl groups excluding tert-OH is 1. The number of piperidine rings is 1. The van der Waals surface area contributed by atoms with E-state index in [2.05, 4.69) is 39.5 Å². The molecule has 2 rings (SSSR count). The van der Waals surface area contributed by atoms with Crippen molar-refractivity contribution in [1.82, 2.24) is 4.98 Å². The average molecular weight is 276 g/mol. The molecule has 1 aromatic rings. The first-order chi connectivity index (χ1) is 9.31. The number of rotatable bonds is 2. The topological polar surface area (TPSA) is 36.4 Å². The summed E-state index contributed by atoms with van der Waals surface area (Å²) in [5.74, 6) is 1.82. The maximum Gasteiger partial charge on any atom is 0.129 e. The molecule has 0 bridgehead atoms. The highest BCUT2D eigenvalue weighted by Gasteiger charge is 2.25. The van der Waals surface area contributed by atoms with Crippen LogP contribution in [0.1, 0.15) is 58.7 Å². The highest BCUT2D eigenvalue weighted by atomic mass is 16.3. The van der Waals surface area contributed by atoms with Crippen LogP contribution in [0.3, 0.4) is 0 Å². The van der Waals surface area contributed by atoms with Gasteiger partial charge in [0.1, 0.15) is 5.82 Å². The molecule has 20 heavy (non-hydrogen) atoms. The zero-order valence-electron chi connectivity index (χ0n) is 13.5. The molecule has 0 saturated carbocycles. The summed E-state index contributed by atoms with van der Waals surface area (Å²) in [5.41, 5.74) is 2.03. The number of pyridine rings is 1. The van der Waals surface area contributed by atoms with E-state index in [1.165, 1.54) is 12.8 Å². The fourth-order valence-electron chi connectivity index (χ4n) is 2.94. The summed E-state index contributed by atoms with van der Waals surface area (Å²) in [6, 6.07) is 4.59. The summed E-state index contributed by atoms with van der Waals surface area (Å²) >= 11 is 0. The van der Waals surface area contributed by atoms with Gasteiger partial charge in [-0.25, -0.2) is 4.98 Å². The molecule has 112 valence electrons. The van der Waals surface area contributed by atoms with Crippen molar-refractivity contribution in [3.8, 4) is 0 Å². The second-order valence-corrected chi connectivity index (χ2v) is 7.30. The van der Waals surface area contributed by atoms with E-state index in [-0.39, 0.29) is 12.0 Å². The van der Waals surface area contributed by atoms with Crippen LogP contribution in [0.5, 0.6) is 0 Å². The molecule has 0 aromatic carbocycles. The summed E-state index contributed by atoms with van der Waals surface area (Å²) in [6.45, 7) is 12.3. The smallest absolute Gasteiger partial charge is 0.129 e. The molecule has 2 unspecified atom stereocenters. The number of hydrogen-bond acceptors (Lipinski definition) is 3. The largest absolute Gasteiger partial charge is 0.392 e. The van der Waals surface area contributed by atoms with E-state index in [9.17, 15) is 5.11 Å². The number of anilines is 1. The highest BCUT2D eigenvalue weighted by Crippen LogP contribution is 2.30. The summed E-state index contributed by atoms with van der Waals surface area (Å²) < 4.78 is 0. The monoisotopic (exact) mass is 276 g/mol. The van der Waals surface area contributed by atoms with Crippen molar-refractivity contribution in [1.29, 1.82) is 0 Å². The zero-order chi connectivity index (χ0) is 14.9. The first kappa shape index (κ1) is 15.3. The van der Waals surface area contributed by atoms with Crippen molar-refractivity contribution in [3.63, 3.8) is 0 Å². The van der Waals surface area contributed by atoms with Gasteiger partial charge in [-0.1, -0.05) is 27.7 Å². The maximum absolute atomic E-state index is 9.51. The lowest BCUT2D eigenvalue weighted by atomic mass is 9.90. The minimum atomic E-state index is 0.00620. The van der Waals surface area contributed by atoms with Crippen LogP contribution >= 0.6 is 0 Å². The summed E-state index contributed by atoms with van der Waals surface area (Å²) in [6.07, 6.45) is 2.44. The van der Waals surface area contributed by atoms with Gasteiger partial charge in [0.15, 0.2) is 0 Å². The molecule has 1 N–H and O–H groups in total. The van der Waals surface area contributed by atoms with Gasteiger partial charge in [-0.3, -0.25) is 0 Å². The third-order valence-corrected chi connectivity index (χ3v) is 4.26. The van der Waals surface area contributed by atoms with Crippen molar-refractivity contribution in [2.75, 3.05) is 11.4 Å². The van der Waals surface area contributed by atoms with Crippen LogP contribution in [0.4, 0.5) is 5.82 Å². The van der Waals surface area contributed by atoms with E-state index in [1.807, 2.05) is 12.1 Å². The van der Waals surface area contributed by atoms with E-state index < -0.39 is 0 Å². The molecular weight excluding hydrogens is 248 g/mol. The maximum atomic E-state index is 9.51. The minimum Gasteiger partial charge on any atom is -0.392 e. The highest BCUT2D eigenvalue weighted by molar-refractivity contribution is 5.45. The Morgan fingerprint density at radius 1 is 1.30 bits per heavy atom. The van der Waals surface area contributed by atoms with E-state index in [0.717, 1.165) is 29.5 Å². The molecule has 1 fully saturated rings. The molecule has 3 nitrogen and oxygen atoms in total. The van der Waals surface area contributed by atoms with Gasteiger partial charge in [-0.2, -0.15) is 0 Å². The van der Waals surface area contributed by atoms with Gasteiger partial charge in [-0.05, 0) is 43.4 Å². The molecule has 0 amide bonds. The lowest BCUT2D eigenvalue weighted by Crippen LogP contribution is -2.41. The number of nitrogens with zero attached hydrogens (tertiary/aromatic N) is 2. The molecule has 1 aliphatic heterocycles. The molecule has 2 heterocycles. The van der Waals surface area contributed by atoms with Crippen LogP contribution in [0.15, 0.2) is 12.1 Å². The Hall–Kier alpha value is -1.09. The van der Waals surface area contributed by atoms with E-state index in [0.29, 0.717) is 6.04 Å². The lowest BCUT2D eigenvalue weighted by Gasteiger charge is -2.38. The van der Waals surface area contributed by atoms with Gasteiger partial charge >= 0.3 is 0 Å². The van der Waals surface area contributed by atoms with Crippen molar-refractivity contribution in [3.05, 3.63) is 23.4 Å². The predicted octanol–water partition coefficient (Wildman–Crippen LogP) is 3.50. The summed E-state index contributed by atoms with van der Waals surface area (Å²) in [7, 11) is 0. The molecule has 3 heteroatoms. The van der Waals surface area contributed by atoms with Crippen molar-refractivity contribution in [2.24, 2.45) is 5.92 Å². The normalized spacial score (nSPS) is 24.0. The second-order valence-electron chi connectivity index (χ2n) is 7.30. The fourth-order valence-corrected chi connectivity index (χ4v) is 2.94. The first-order valence-corrected chi connectivity index (χ1v) is 7.70. The minimum absolute atomic E-state index is 0.00620. The molecule has 0 radical (unpaired) electrons. The van der Waals surface area contributed by atoms with Gasteiger partial charge in [0, 0.05) is 23.7 Å². The quantitative estimate of drug-likeness (QED) is 0.898. The molecule has 1 saturated heterocycles. The Morgan fingerprint density at radius 2 is 2.00 bits per heavy atom. The Balaban J connectivity index is 2.36. The Morgan fingerprint density at radius 3 is 2.55 bits per heavy atom. The van der Waals surface area contributed by atoms with Crippen molar-refractivity contribution < 1.29 is 5.11 Å². The van der Waals surface area contributed by atoms with Gasteiger partial charge in [0.2, 0.25) is 0 Å². The number of aromatic nitrogens is 1. The number of aliphatic hydroxyl groups is 1. The van der Waals surface area contributed by atoms with Crippen molar-refractivity contribution in [2.45, 2.75) is 65.5 Å². The van der Waals surface area contributed by atoms with Crippen LogP contribution in [-0.4, -0.2) is 22.7 Å². The molecule has 1 aliphatic rings. The third kappa shape index (κ3) is 3.32. The van der Waals surface area contributed by atoms with Crippen molar-refractivity contribution >= 4 is 5.82 Å². The summed E-state index contributed by atoms with van der Waals surface area (Å²) in [5, 5.41) is 9.51. The predicted molar refractivity (Wildman–Crippen MR) is 84.1 cm³/mol. The Bertz CT molecular complexity index is 465. The zero-order valence-corrected chi connectivity index (χ0v) is 13.5. The molecule has 0 spiro atoms. The van der Waals surface area contributed by atoms with E-state index in [1.54, 1.807) is 0 Å². The van der Waals surface area contributed by atoms with Gasteiger partial charge < -0.3 is 10.0 Å². The summed E-state index contributed by atoms with van der Waals surface area (Å²) in [4.78, 5) is 7.26. The van der Waals surface area contributed by atoms with E-state index in [4.69, 9.17) is 4.98 Å². The van der Waals surface area contributed by atoms with Crippen LogP contribution in [0, 0.1) is 5.92 Å². The van der Waals surface area contributed by atoms with Gasteiger partial charge in [0.25, 0.3) is 0 Å². The van der Waals surface area contributed by atoms with Crippen LogP contribution < -0.4 is 4.90 Å². The lowest BCUT2D eigenvalue weighted by molar-refractivity contribution is 0.281. The Kier molecular flexibility index (Phi) is 4.38. The SMILES string of the molecule is CC1CCN(c2cc(CO)cc(C(C)(C)C)n2)C(C)C1. The molecule has 0 aliphatic carbocycles.